The van der Waals surface area contributed by atoms with E-state index >= 15 is 0 Å². The number of ether oxygens (including phenoxy) is 1. The summed E-state index contributed by atoms with van der Waals surface area (Å²) in [5.74, 6) is -0.452. The smallest absolute Gasteiger partial charge is 0.270 e. The number of nitro groups is 1. The van der Waals surface area contributed by atoms with E-state index in [1.165, 1.54) is 23.5 Å². The summed E-state index contributed by atoms with van der Waals surface area (Å²) in [6, 6.07) is 3.73. The molecule has 1 aromatic carbocycles. The highest BCUT2D eigenvalue weighted by Crippen LogP contribution is 2.24. The number of amides is 1. The summed E-state index contributed by atoms with van der Waals surface area (Å²) in [6.45, 7) is 3.85. The third-order valence-electron chi connectivity index (χ3n) is 3.67. The maximum absolute atomic E-state index is 12.3. The Hall–Kier alpha value is -2.07. The quantitative estimate of drug-likeness (QED) is 0.630. The summed E-state index contributed by atoms with van der Waals surface area (Å²) in [4.78, 5) is 29.1. The molecule has 1 fully saturated rings. The Labute approximate surface area is 152 Å². The molecule has 0 radical (unpaired) electrons. The third kappa shape index (κ3) is 4.51. The molecule has 0 saturated carbocycles. The summed E-state index contributed by atoms with van der Waals surface area (Å²) in [5.41, 5.74) is 0.873. The van der Waals surface area contributed by atoms with Crippen molar-refractivity contribution in [2.24, 2.45) is 0 Å². The van der Waals surface area contributed by atoms with Crippen molar-refractivity contribution in [3.63, 3.8) is 0 Å². The molecule has 1 amide bonds. The van der Waals surface area contributed by atoms with E-state index in [1.54, 1.807) is 0 Å². The van der Waals surface area contributed by atoms with E-state index in [0.29, 0.717) is 24.9 Å². The van der Waals surface area contributed by atoms with Gasteiger partial charge in [0.05, 0.1) is 34.4 Å². The zero-order valence-corrected chi connectivity index (χ0v) is 14.7. The van der Waals surface area contributed by atoms with Gasteiger partial charge in [0.15, 0.2) is 5.13 Å². The van der Waals surface area contributed by atoms with Gasteiger partial charge in [0.1, 0.15) is 0 Å². The van der Waals surface area contributed by atoms with E-state index in [2.05, 4.69) is 15.2 Å². The second-order valence-corrected chi connectivity index (χ2v) is 6.67. The topological polar surface area (TPSA) is 97.6 Å². The second kappa shape index (κ2) is 7.87. The molecule has 1 aromatic heterocycles. The number of carbonyl (C=O) groups is 1. The molecule has 10 heteroatoms. The largest absolute Gasteiger partial charge is 0.379 e. The Balaban J connectivity index is 1.64. The van der Waals surface area contributed by atoms with Crippen LogP contribution in [0.15, 0.2) is 23.6 Å². The lowest BCUT2D eigenvalue weighted by Gasteiger charge is -2.25. The van der Waals surface area contributed by atoms with Crippen LogP contribution in [0.4, 0.5) is 10.8 Å². The lowest BCUT2D eigenvalue weighted by molar-refractivity contribution is -0.384. The zero-order chi connectivity index (χ0) is 17.8. The van der Waals surface area contributed by atoms with Gasteiger partial charge in [-0.1, -0.05) is 11.6 Å². The van der Waals surface area contributed by atoms with Crippen LogP contribution < -0.4 is 5.32 Å². The summed E-state index contributed by atoms with van der Waals surface area (Å²) in [6.07, 6.45) is 0. The van der Waals surface area contributed by atoms with E-state index in [0.717, 1.165) is 24.8 Å². The van der Waals surface area contributed by atoms with E-state index in [9.17, 15) is 14.9 Å². The highest BCUT2D eigenvalue weighted by Gasteiger charge is 2.17. The van der Waals surface area contributed by atoms with Crippen LogP contribution >= 0.6 is 22.9 Å². The molecular formula is C15H15ClN4O4S. The molecule has 132 valence electrons. The first-order chi connectivity index (χ1) is 12.0. The number of thiazole rings is 1. The van der Waals surface area contributed by atoms with Crippen molar-refractivity contribution >= 4 is 39.7 Å². The zero-order valence-electron chi connectivity index (χ0n) is 13.1. The average Bonchev–Trinajstić information content (AvgIpc) is 3.02. The number of halogens is 1. The fourth-order valence-corrected chi connectivity index (χ4v) is 3.35. The van der Waals surface area contributed by atoms with Crippen molar-refractivity contribution < 1.29 is 14.5 Å². The molecule has 0 atom stereocenters. The molecule has 0 unspecified atom stereocenters. The van der Waals surface area contributed by atoms with Gasteiger partial charge in [0.25, 0.3) is 11.6 Å². The van der Waals surface area contributed by atoms with Crippen molar-refractivity contribution in [1.29, 1.82) is 0 Å². The molecule has 25 heavy (non-hydrogen) atoms. The van der Waals surface area contributed by atoms with Gasteiger partial charge in [-0.2, -0.15) is 0 Å². The maximum atomic E-state index is 12.3. The number of rotatable bonds is 5. The number of nitrogens with zero attached hydrogens (tertiary/aromatic N) is 3. The molecule has 0 bridgehead atoms. The summed E-state index contributed by atoms with van der Waals surface area (Å²) >= 11 is 7.29. The highest BCUT2D eigenvalue weighted by atomic mass is 35.5. The van der Waals surface area contributed by atoms with Crippen LogP contribution in [-0.4, -0.2) is 47.0 Å². The van der Waals surface area contributed by atoms with Crippen LogP contribution in [0, 0.1) is 10.1 Å². The molecule has 3 rings (SSSR count). The molecule has 1 aliphatic rings. The predicted octanol–water partition coefficient (Wildman–Crippen LogP) is 2.79. The van der Waals surface area contributed by atoms with E-state index in [-0.39, 0.29) is 16.3 Å². The monoisotopic (exact) mass is 382 g/mol. The molecule has 0 aliphatic carbocycles. The summed E-state index contributed by atoms with van der Waals surface area (Å²) < 4.78 is 5.31. The Bertz CT molecular complexity index is 792. The van der Waals surface area contributed by atoms with Gasteiger partial charge >= 0.3 is 0 Å². The fourth-order valence-electron chi connectivity index (χ4n) is 2.39. The van der Waals surface area contributed by atoms with Crippen LogP contribution in [0.25, 0.3) is 0 Å². The van der Waals surface area contributed by atoms with Crippen molar-refractivity contribution in [3.05, 3.63) is 50.0 Å². The number of benzene rings is 1. The van der Waals surface area contributed by atoms with Gasteiger partial charge in [-0.15, -0.1) is 11.3 Å². The van der Waals surface area contributed by atoms with Crippen molar-refractivity contribution in [2.45, 2.75) is 6.54 Å². The minimum absolute atomic E-state index is 0.0248. The highest BCUT2D eigenvalue weighted by molar-refractivity contribution is 7.14. The van der Waals surface area contributed by atoms with Gasteiger partial charge in [0.2, 0.25) is 0 Å². The molecule has 2 heterocycles. The third-order valence-corrected chi connectivity index (χ3v) is 4.79. The van der Waals surface area contributed by atoms with Crippen molar-refractivity contribution in [1.82, 2.24) is 9.88 Å². The molecule has 1 aliphatic heterocycles. The molecule has 0 spiro atoms. The first-order valence-corrected chi connectivity index (χ1v) is 8.78. The number of non-ortho nitro benzene ring substituents is 1. The van der Waals surface area contributed by atoms with Gasteiger partial charge < -0.3 is 4.74 Å². The standard InChI is InChI=1S/C15H15ClN4O4S/c16-13-7-11(20(22)23)1-2-12(13)14(21)18-15-17-10(9-25-15)8-19-3-5-24-6-4-19/h1-2,7,9H,3-6,8H2,(H,17,18,21). The van der Waals surface area contributed by atoms with Crippen LogP contribution in [0.3, 0.4) is 0 Å². The minimum atomic E-state index is -0.563. The molecule has 8 nitrogen and oxygen atoms in total. The normalized spacial score (nSPS) is 15.1. The number of carbonyl (C=O) groups excluding carboxylic acids is 1. The molecule has 1 saturated heterocycles. The van der Waals surface area contributed by atoms with Gasteiger partial charge in [0, 0.05) is 37.1 Å². The van der Waals surface area contributed by atoms with Crippen LogP contribution in [0.2, 0.25) is 5.02 Å². The summed E-state index contributed by atoms with van der Waals surface area (Å²) in [7, 11) is 0. The Morgan fingerprint density at radius 1 is 1.44 bits per heavy atom. The molecule has 2 aromatic rings. The number of aromatic nitrogens is 1. The lowest BCUT2D eigenvalue weighted by atomic mass is 10.2. The molecular weight excluding hydrogens is 368 g/mol. The summed E-state index contributed by atoms with van der Waals surface area (Å²) in [5, 5.41) is 15.8. The van der Waals surface area contributed by atoms with Gasteiger partial charge in [-0.25, -0.2) is 4.98 Å². The van der Waals surface area contributed by atoms with E-state index in [4.69, 9.17) is 16.3 Å². The average molecular weight is 383 g/mol. The number of morpholine rings is 1. The van der Waals surface area contributed by atoms with E-state index < -0.39 is 10.8 Å². The fraction of sp³-hybridized carbons (Fsp3) is 0.333. The predicted molar refractivity (Wildman–Crippen MR) is 94.3 cm³/mol. The van der Waals surface area contributed by atoms with Crippen molar-refractivity contribution in [3.8, 4) is 0 Å². The molecule has 1 N–H and O–H groups in total. The van der Waals surface area contributed by atoms with Crippen LogP contribution in [-0.2, 0) is 11.3 Å². The van der Waals surface area contributed by atoms with Crippen LogP contribution in [0.1, 0.15) is 16.1 Å². The Morgan fingerprint density at radius 3 is 2.88 bits per heavy atom. The van der Waals surface area contributed by atoms with E-state index in [1.807, 2.05) is 5.38 Å². The number of hydrogen-bond acceptors (Lipinski definition) is 7. The Kier molecular flexibility index (Phi) is 5.59. The minimum Gasteiger partial charge on any atom is -0.379 e. The van der Waals surface area contributed by atoms with Crippen LogP contribution in [0.5, 0.6) is 0 Å². The maximum Gasteiger partial charge on any atom is 0.270 e. The first kappa shape index (κ1) is 17.7. The number of nitrogens with one attached hydrogen (secondary N) is 1. The number of hydrogen-bond donors (Lipinski definition) is 1. The number of anilines is 1. The SMILES string of the molecule is O=C(Nc1nc(CN2CCOCC2)cs1)c1ccc([N+](=O)[O-])cc1Cl. The van der Waals surface area contributed by atoms with Gasteiger partial charge in [-0.3, -0.25) is 25.1 Å². The first-order valence-electron chi connectivity index (χ1n) is 7.53. The second-order valence-electron chi connectivity index (χ2n) is 5.41. The van der Waals surface area contributed by atoms with Gasteiger partial charge in [-0.05, 0) is 6.07 Å². The number of nitro benzene ring substituents is 1. The lowest BCUT2D eigenvalue weighted by Crippen LogP contribution is -2.35. The van der Waals surface area contributed by atoms with Crippen molar-refractivity contribution in [2.75, 3.05) is 31.6 Å². The Morgan fingerprint density at radius 2 is 2.20 bits per heavy atom.